The largest absolute Gasteiger partial charge is 0.490 e. The topological polar surface area (TPSA) is 64.6 Å². The molecule has 0 radical (unpaired) electrons. The van der Waals surface area contributed by atoms with Crippen molar-refractivity contribution in [3.05, 3.63) is 29.8 Å². The predicted molar refractivity (Wildman–Crippen MR) is 88.4 cm³/mol. The van der Waals surface area contributed by atoms with Gasteiger partial charge < -0.3 is 9.47 Å². The van der Waals surface area contributed by atoms with Gasteiger partial charge in [0.1, 0.15) is 0 Å². The Morgan fingerprint density at radius 3 is 2.65 bits per heavy atom. The summed E-state index contributed by atoms with van der Waals surface area (Å²) in [5.74, 6) is 1.11. The van der Waals surface area contributed by atoms with Gasteiger partial charge in [0, 0.05) is 19.0 Å². The maximum Gasteiger partial charge on any atom is 0.240 e. The van der Waals surface area contributed by atoms with Crippen LogP contribution >= 0.6 is 0 Å². The van der Waals surface area contributed by atoms with Crippen LogP contribution in [0.3, 0.4) is 0 Å². The standard InChI is InChI=1S/C17H23NO4S/c19-23(20,18-10-9-14-5-2-1-3-6-14)15-7-8-16-17(13-15)22-12-4-11-21-16/h5,7-8,13,18H,1-4,6,9-12H2. The lowest BCUT2D eigenvalue weighted by Crippen LogP contribution is -2.25. The molecule has 3 rings (SSSR count). The van der Waals surface area contributed by atoms with Crippen LogP contribution in [0.15, 0.2) is 34.7 Å². The molecule has 0 amide bonds. The molecule has 0 aromatic heterocycles. The lowest BCUT2D eigenvalue weighted by atomic mass is 9.97. The highest BCUT2D eigenvalue weighted by Gasteiger charge is 2.18. The average Bonchev–Trinajstić information content (AvgIpc) is 2.80. The Morgan fingerprint density at radius 2 is 1.87 bits per heavy atom. The Labute approximate surface area is 137 Å². The van der Waals surface area contributed by atoms with E-state index >= 15 is 0 Å². The van der Waals surface area contributed by atoms with Gasteiger partial charge in [0.25, 0.3) is 0 Å². The number of ether oxygens (including phenoxy) is 2. The zero-order chi connectivity index (χ0) is 16.1. The van der Waals surface area contributed by atoms with Crippen molar-refractivity contribution >= 4 is 10.0 Å². The van der Waals surface area contributed by atoms with Gasteiger partial charge in [0.2, 0.25) is 10.0 Å². The van der Waals surface area contributed by atoms with Gasteiger partial charge in [-0.1, -0.05) is 11.6 Å². The Hall–Kier alpha value is -1.53. The maximum atomic E-state index is 12.4. The van der Waals surface area contributed by atoms with Crippen molar-refractivity contribution in [3.63, 3.8) is 0 Å². The normalized spacial score (nSPS) is 18.2. The van der Waals surface area contributed by atoms with E-state index in [0.717, 1.165) is 25.7 Å². The molecule has 1 aliphatic heterocycles. The van der Waals surface area contributed by atoms with Crippen molar-refractivity contribution in [2.75, 3.05) is 19.8 Å². The first-order chi connectivity index (χ1) is 11.1. The SMILES string of the molecule is O=S(=O)(NCCC1=CCCCC1)c1ccc2c(c1)OCCCO2. The number of rotatable bonds is 5. The van der Waals surface area contributed by atoms with Gasteiger partial charge in [0.05, 0.1) is 18.1 Å². The van der Waals surface area contributed by atoms with Crippen LogP contribution in [0.2, 0.25) is 0 Å². The first-order valence-corrected chi connectivity index (χ1v) is 9.71. The molecule has 0 atom stereocenters. The molecule has 1 N–H and O–H groups in total. The maximum absolute atomic E-state index is 12.4. The number of sulfonamides is 1. The molecule has 0 bridgehead atoms. The van der Waals surface area contributed by atoms with E-state index in [1.54, 1.807) is 18.2 Å². The smallest absolute Gasteiger partial charge is 0.240 e. The van der Waals surface area contributed by atoms with E-state index in [0.29, 0.717) is 31.3 Å². The fraction of sp³-hybridized carbons (Fsp3) is 0.529. The third-order valence-electron chi connectivity index (χ3n) is 4.15. The summed E-state index contributed by atoms with van der Waals surface area (Å²) < 4.78 is 38.6. The summed E-state index contributed by atoms with van der Waals surface area (Å²) >= 11 is 0. The summed E-state index contributed by atoms with van der Waals surface area (Å²) in [6.07, 6.45) is 8.47. The summed E-state index contributed by atoms with van der Waals surface area (Å²) in [5, 5.41) is 0. The van der Waals surface area contributed by atoms with Crippen LogP contribution in [0.1, 0.15) is 38.5 Å². The molecule has 0 spiro atoms. The molecule has 1 aromatic rings. The van der Waals surface area contributed by atoms with Crippen molar-refractivity contribution in [3.8, 4) is 11.5 Å². The van der Waals surface area contributed by atoms with E-state index in [4.69, 9.17) is 9.47 Å². The van der Waals surface area contributed by atoms with E-state index in [1.165, 1.54) is 18.4 Å². The second-order valence-corrected chi connectivity index (χ2v) is 7.68. The van der Waals surface area contributed by atoms with Gasteiger partial charge in [-0.3, -0.25) is 0 Å². The molecule has 1 aromatic carbocycles. The van der Waals surface area contributed by atoms with Crippen molar-refractivity contribution < 1.29 is 17.9 Å². The van der Waals surface area contributed by atoms with Crippen LogP contribution in [-0.2, 0) is 10.0 Å². The molecule has 5 nitrogen and oxygen atoms in total. The minimum Gasteiger partial charge on any atom is -0.490 e. The van der Waals surface area contributed by atoms with Crippen LogP contribution in [0.4, 0.5) is 0 Å². The second kappa shape index (κ2) is 7.36. The number of allylic oxidation sites excluding steroid dienone is 1. The van der Waals surface area contributed by atoms with Crippen molar-refractivity contribution in [2.24, 2.45) is 0 Å². The monoisotopic (exact) mass is 337 g/mol. The molecule has 0 fully saturated rings. The van der Waals surface area contributed by atoms with E-state index in [2.05, 4.69) is 10.8 Å². The zero-order valence-electron chi connectivity index (χ0n) is 13.2. The molecule has 1 aliphatic carbocycles. The van der Waals surface area contributed by atoms with E-state index in [9.17, 15) is 8.42 Å². The molecule has 1 heterocycles. The first-order valence-electron chi connectivity index (χ1n) is 8.22. The first kappa shape index (κ1) is 16.3. The fourth-order valence-electron chi connectivity index (χ4n) is 2.87. The Balaban J connectivity index is 1.64. The van der Waals surface area contributed by atoms with Gasteiger partial charge in [-0.05, 0) is 44.2 Å². The minimum atomic E-state index is -3.52. The average molecular weight is 337 g/mol. The van der Waals surface area contributed by atoms with Crippen molar-refractivity contribution in [1.29, 1.82) is 0 Å². The van der Waals surface area contributed by atoms with Gasteiger partial charge in [-0.25, -0.2) is 13.1 Å². The molecule has 2 aliphatic rings. The third kappa shape index (κ3) is 4.26. The molecule has 0 saturated carbocycles. The summed E-state index contributed by atoms with van der Waals surface area (Å²) in [6.45, 7) is 1.56. The van der Waals surface area contributed by atoms with Crippen molar-refractivity contribution in [2.45, 2.75) is 43.4 Å². The van der Waals surface area contributed by atoms with Gasteiger partial charge in [-0.15, -0.1) is 0 Å². The number of hydrogen-bond acceptors (Lipinski definition) is 4. The summed E-state index contributed by atoms with van der Waals surface area (Å²) in [4.78, 5) is 0.222. The lowest BCUT2D eigenvalue weighted by Gasteiger charge is -2.14. The molecule has 23 heavy (non-hydrogen) atoms. The van der Waals surface area contributed by atoms with Crippen LogP contribution in [0.5, 0.6) is 11.5 Å². The predicted octanol–water partition coefficient (Wildman–Crippen LogP) is 3.02. The van der Waals surface area contributed by atoms with Crippen LogP contribution < -0.4 is 14.2 Å². The quantitative estimate of drug-likeness (QED) is 0.839. The molecule has 0 saturated heterocycles. The number of fused-ring (bicyclic) bond motifs is 1. The van der Waals surface area contributed by atoms with E-state index in [-0.39, 0.29) is 4.90 Å². The Bertz CT molecular complexity index is 682. The molecular weight excluding hydrogens is 314 g/mol. The molecule has 6 heteroatoms. The minimum absolute atomic E-state index is 0.222. The summed E-state index contributed by atoms with van der Waals surface area (Å²) in [5.41, 5.74) is 1.36. The summed E-state index contributed by atoms with van der Waals surface area (Å²) in [7, 11) is -3.52. The third-order valence-corrected chi connectivity index (χ3v) is 5.61. The molecule has 0 unspecified atom stereocenters. The highest BCUT2D eigenvalue weighted by Crippen LogP contribution is 2.31. The number of nitrogens with one attached hydrogen (secondary N) is 1. The van der Waals surface area contributed by atoms with Gasteiger partial charge >= 0.3 is 0 Å². The highest BCUT2D eigenvalue weighted by atomic mass is 32.2. The fourth-order valence-corrected chi connectivity index (χ4v) is 3.92. The molecule has 126 valence electrons. The number of benzene rings is 1. The van der Waals surface area contributed by atoms with Crippen LogP contribution in [0.25, 0.3) is 0 Å². The van der Waals surface area contributed by atoms with Crippen LogP contribution in [0, 0.1) is 0 Å². The molecular formula is C17H23NO4S. The van der Waals surface area contributed by atoms with Crippen molar-refractivity contribution in [1.82, 2.24) is 4.72 Å². The highest BCUT2D eigenvalue weighted by molar-refractivity contribution is 7.89. The Kier molecular flexibility index (Phi) is 5.23. The van der Waals surface area contributed by atoms with E-state index in [1.807, 2.05) is 0 Å². The zero-order valence-corrected chi connectivity index (χ0v) is 14.0. The second-order valence-electron chi connectivity index (χ2n) is 5.91. The lowest BCUT2D eigenvalue weighted by molar-refractivity contribution is 0.297. The number of hydrogen-bond donors (Lipinski definition) is 1. The summed E-state index contributed by atoms with van der Waals surface area (Å²) in [6, 6.07) is 4.78. The van der Waals surface area contributed by atoms with Gasteiger partial charge in [0.15, 0.2) is 11.5 Å². The Morgan fingerprint density at radius 1 is 1.04 bits per heavy atom. The van der Waals surface area contributed by atoms with E-state index < -0.39 is 10.0 Å². The van der Waals surface area contributed by atoms with Crippen LogP contribution in [-0.4, -0.2) is 28.2 Å². The van der Waals surface area contributed by atoms with Gasteiger partial charge in [-0.2, -0.15) is 0 Å².